The number of carbonyl (C=O) groups excluding carboxylic acids is 1. The highest BCUT2D eigenvalue weighted by atomic mass is 16.3. The number of nitrogens with two attached hydrogens (primary N) is 1. The molecule has 3 N–H and O–H groups in total. The summed E-state index contributed by atoms with van der Waals surface area (Å²) in [5, 5.41) is 9.25. The molecule has 0 unspecified atom stereocenters. The van der Waals surface area contributed by atoms with Crippen LogP contribution in [0.25, 0.3) is 0 Å². The standard InChI is InChI=1S/C13H19N3O2/c1-10(14)13(18)16-8-6-15(7-9-16)11-2-4-12(17)5-3-11/h2-5,10,17H,6-9,14H2,1H3/t10-/m0/s1. The second kappa shape index (κ2) is 5.27. The average molecular weight is 249 g/mol. The first-order valence-corrected chi connectivity index (χ1v) is 6.16. The number of carbonyl (C=O) groups is 1. The lowest BCUT2D eigenvalue weighted by atomic mass is 10.2. The van der Waals surface area contributed by atoms with Crippen molar-refractivity contribution in [3.05, 3.63) is 24.3 Å². The van der Waals surface area contributed by atoms with E-state index in [4.69, 9.17) is 5.73 Å². The van der Waals surface area contributed by atoms with Gasteiger partial charge < -0.3 is 20.6 Å². The summed E-state index contributed by atoms with van der Waals surface area (Å²) in [4.78, 5) is 15.7. The van der Waals surface area contributed by atoms with Crippen LogP contribution in [0.15, 0.2) is 24.3 Å². The summed E-state index contributed by atoms with van der Waals surface area (Å²) < 4.78 is 0. The summed E-state index contributed by atoms with van der Waals surface area (Å²) in [6.45, 7) is 4.70. The van der Waals surface area contributed by atoms with Crippen LogP contribution in [0.3, 0.4) is 0 Å². The maximum absolute atomic E-state index is 11.7. The number of hydrogen-bond acceptors (Lipinski definition) is 4. The molecule has 0 saturated carbocycles. The molecular weight excluding hydrogens is 230 g/mol. The Morgan fingerprint density at radius 1 is 1.22 bits per heavy atom. The smallest absolute Gasteiger partial charge is 0.239 e. The van der Waals surface area contributed by atoms with Crippen LogP contribution in [-0.2, 0) is 4.79 Å². The van der Waals surface area contributed by atoms with Gasteiger partial charge in [-0.2, -0.15) is 0 Å². The van der Waals surface area contributed by atoms with Crippen LogP contribution in [0, 0.1) is 0 Å². The van der Waals surface area contributed by atoms with Crippen molar-refractivity contribution in [1.82, 2.24) is 4.90 Å². The molecule has 1 atom stereocenters. The Morgan fingerprint density at radius 3 is 2.28 bits per heavy atom. The van der Waals surface area contributed by atoms with E-state index in [1.165, 1.54) is 0 Å². The van der Waals surface area contributed by atoms with Gasteiger partial charge in [-0.05, 0) is 31.2 Å². The highest BCUT2D eigenvalue weighted by molar-refractivity contribution is 5.81. The Labute approximate surface area is 107 Å². The first kappa shape index (κ1) is 12.7. The Balaban J connectivity index is 1.94. The second-order valence-corrected chi connectivity index (χ2v) is 4.62. The molecular formula is C13H19N3O2. The number of piperazine rings is 1. The third kappa shape index (κ3) is 2.73. The molecule has 1 fully saturated rings. The van der Waals surface area contributed by atoms with E-state index in [-0.39, 0.29) is 11.7 Å². The Morgan fingerprint density at radius 2 is 1.78 bits per heavy atom. The number of hydrogen-bond donors (Lipinski definition) is 2. The lowest BCUT2D eigenvalue weighted by Crippen LogP contribution is -2.52. The number of rotatable bonds is 2. The van der Waals surface area contributed by atoms with E-state index in [2.05, 4.69) is 4.90 Å². The molecule has 1 amide bonds. The fourth-order valence-corrected chi connectivity index (χ4v) is 2.14. The van der Waals surface area contributed by atoms with Crippen molar-refractivity contribution in [2.24, 2.45) is 5.73 Å². The molecule has 0 radical (unpaired) electrons. The number of aromatic hydroxyl groups is 1. The van der Waals surface area contributed by atoms with E-state index in [0.29, 0.717) is 13.1 Å². The maximum Gasteiger partial charge on any atom is 0.239 e. The minimum atomic E-state index is -0.426. The topological polar surface area (TPSA) is 69.8 Å². The van der Waals surface area contributed by atoms with Gasteiger partial charge in [0.25, 0.3) is 0 Å². The predicted molar refractivity (Wildman–Crippen MR) is 70.5 cm³/mol. The number of phenolic OH excluding ortho intramolecular Hbond substituents is 1. The van der Waals surface area contributed by atoms with Crippen LogP contribution in [-0.4, -0.2) is 48.1 Å². The highest BCUT2D eigenvalue weighted by Crippen LogP contribution is 2.19. The van der Waals surface area contributed by atoms with Gasteiger partial charge in [0.15, 0.2) is 0 Å². The molecule has 18 heavy (non-hydrogen) atoms. The third-order valence-corrected chi connectivity index (χ3v) is 3.20. The van der Waals surface area contributed by atoms with E-state index in [1.807, 2.05) is 17.0 Å². The van der Waals surface area contributed by atoms with Crippen LogP contribution >= 0.6 is 0 Å². The van der Waals surface area contributed by atoms with Crippen LogP contribution in [0.1, 0.15) is 6.92 Å². The molecule has 1 heterocycles. The van der Waals surface area contributed by atoms with E-state index in [1.54, 1.807) is 19.1 Å². The van der Waals surface area contributed by atoms with Gasteiger partial charge in [-0.15, -0.1) is 0 Å². The number of benzene rings is 1. The molecule has 5 heteroatoms. The summed E-state index contributed by atoms with van der Waals surface area (Å²) in [6.07, 6.45) is 0. The van der Waals surface area contributed by atoms with Crippen molar-refractivity contribution in [2.45, 2.75) is 13.0 Å². The van der Waals surface area contributed by atoms with Crippen LogP contribution in [0.4, 0.5) is 5.69 Å². The summed E-state index contributed by atoms with van der Waals surface area (Å²) >= 11 is 0. The van der Waals surface area contributed by atoms with Crippen LogP contribution < -0.4 is 10.6 Å². The van der Waals surface area contributed by atoms with E-state index in [9.17, 15) is 9.90 Å². The Hall–Kier alpha value is -1.75. The SMILES string of the molecule is C[C@H](N)C(=O)N1CCN(c2ccc(O)cc2)CC1. The van der Waals surface area contributed by atoms with Crippen LogP contribution in [0.5, 0.6) is 5.75 Å². The molecule has 1 aliphatic heterocycles. The lowest BCUT2D eigenvalue weighted by molar-refractivity contribution is -0.132. The summed E-state index contributed by atoms with van der Waals surface area (Å²) in [7, 11) is 0. The fourth-order valence-electron chi connectivity index (χ4n) is 2.14. The van der Waals surface area contributed by atoms with Gasteiger partial charge in [0.1, 0.15) is 5.75 Å². The quantitative estimate of drug-likeness (QED) is 0.795. The lowest BCUT2D eigenvalue weighted by Gasteiger charge is -2.36. The third-order valence-electron chi connectivity index (χ3n) is 3.20. The normalized spacial score (nSPS) is 17.7. The van der Waals surface area contributed by atoms with Crippen molar-refractivity contribution < 1.29 is 9.90 Å². The molecule has 0 aromatic heterocycles. The van der Waals surface area contributed by atoms with Crippen LogP contribution in [0.2, 0.25) is 0 Å². The molecule has 0 aliphatic carbocycles. The van der Waals surface area contributed by atoms with Crippen molar-refractivity contribution in [1.29, 1.82) is 0 Å². The molecule has 1 saturated heterocycles. The van der Waals surface area contributed by atoms with Gasteiger partial charge in [-0.1, -0.05) is 0 Å². The zero-order chi connectivity index (χ0) is 13.1. The van der Waals surface area contributed by atoms with Gasteiger partial charge in [0.05, 0.1) is 6.04 Å². The number of phenols is 1. The highest BCUT2D eigenvalue weighted by Gasteiger charge is 2.23. The van der Waals surface area contributed by atoms with E-state index >= 15 is 0 Å². The summed E-state index contributed by atoms with van der Waals surface area (Å²) in [6, 6.07) is 6.70. The minimum absolute atomic E-state index is 0.0142. The van der Waals surface area contributed by atoms with Gasteiger partial charge in [-0.25, -0.2) is 0 Å². The van der Waals surface area contributed by atoms with Crippen molar-refractivity contribution in [3.63, 3.8) is 0 Å². The van der Waals surface area contributed by atoms with E-state index < -0.39 is 6.04 Å². The Bertz CT molecular complexity index is 409. The number of anilines is 1. The number of amides is 1. The largest absolute Gasteiger partial charge is 0.508 e. The monoisotopic (exact) mass is 249 g/mol. The molecule has 5 nitrogen and oxygen atoms in total. The minimum Gasteiger partial charge on any atom is -0.508 e. The molecule has 1 aromatic rings. The van der Waals surface area contributed by atoms with Gasteiger partial charge >= 0.3 is 0 Å². The molecule has 1 aromatic carbocycles. The van der Waals surface area contributed by atoms with Crippen molar-refractivity contribution in [3.8, 4) is 5.75 Å². The summed E-state index contributed by atoms with van der Waals surface area (Å²) in [5.41, 5.74) is 6.67. The second-order valence-electron chi connectivity index (χ2n) is 4.62. The molecule has 0 spiro atoms. The molecule has 1 aliphatic rings. The maximum atomic E-state index is 11.7. The summed E-state index contributed by atoms with van der Waals surface area (Å²) in [5.74, 6) is 0.282. The fraction of sp³-hybridized carbons (Fsp3) is 0.462. The molecule has 2 rings (SSSR count). The Kier molecular flexibility index (Phi) is 3.72. The molecule has 98 valence electrons. The van der Waals surface area contributed by atoms with Gasteiger partial charge in [0.2, 0.25) is 5.91 Å². The number of nitrogens with zero attached hydrogens (tertiary/aromatic N) is 2. The average Bonchev–Trinajstić information content (AvgIpc) is 2.39. The zero-order valence-corrected chi connectivity index (χ0v) is 10.5. The van der Waals surface area contributed by atoms with Gasteiger partial charge in [-0.3, -0.25) is 4.79 Å². The van der Waals surface area contributed by atoms with Crippen molar-refractivity contribution in [2.75, 3.05) is 31.1 Å². The first-order valence-electron chi connectivity index (χ1n) is 6.16. The zero-order valence-electron chi connectivity index (χ0n) is 10.5. The van der Waals surface area contributed by atoms with E-state index in [0.717, 1.165) is 18.8 Å². The molecule has 0 bridgehead atoms. The van der Waals surface area contributed by atoms with Crippen molar-refractivity contribution >= 4 is 11.6 Å². The first-order chi connectivity index (χ1) is 8.58. The van der Waals surface area contributed by atoms with Gasteiger partial charge in [0, 0.05) is 31.9 Å². The predicted octanol–water partition coefficient (Wildman–Crippen LogP) is 0.388.